The van der Waals surface area contributed by atoms with Crippen molar-refractivity contribution < 1.29 is 28.2 Å². The molecule has 0 bridgehead atoms. The molecule has 1 aromatic carbocycles. The van der Waals surface area contributed by atoms with Gasteiger partial charge < -0.3 is 15.5 Å². The van der Waals surface area contributed by atoms with Gasteiger partial charge in [-0.1, -0.05) is 12.1 Å². The van der Waals surface area contributed by atoms with Gasteiger partial charge in [0.1, 0.15) is 11.9 Å². The van der Waals surface area contributed by atoms with Gasteiger partial charge in [0.2, 0.25) is 5.82 Å². The minimum Gasteiger partial charge on any atom is -0.480 e. The molecule has 0 aliphatic rings. The van der Waals surface area contributed by atoms with Gasteiger partial charge in [-0.15, -0.1) is 0 Å². The van der Waals surface area contributed by atoms with Crippen LogP contribution in [0.2, 0.25) is 0 Å². The number of carbonyl (C=O) groups is 1. The largest absolute Gasteiger partial charge is 0.480 e. The molecule has 1 unspecified atom stereocenters. The average Bonchev–Trinajstić information content (AvgIpc) is 2.42. The van der Waals surface area contributed by atoms with E-state index < -0.39 is 30.6 Å². The van der Waals surface area contributed by atoms with Crippen molar-refractivity contribution in [2.45, 2.75) is 12.2 Å². The molecule has 0 amide bonds. The second-order valence-corrected chi connectivity index (χ2v) is 4.13. The maximum Gasteiger partial charge on any atom is 0.451 e. The van der Waals surface area contributed by atoms with Gasteiger partial charge in [-0.05, 0) is 12.1 Å². The van der Waals surface area contributed by atoms with E-state index >= 15 is 0 Å². The van der Waals surface area contributed by atoms with Gasteiger partial charge in [0.25, 0.3) is 0 Å². The number of nitrogens with zero attached hydrogens (tertiary/aromatic N) is 2. The maximum absolute atomic E-state index is 12.8. The first kappa shape index (κ1) is 15.0. The Balaban J connectivity index is 2.57. The number of benzene rings is 1. The summed E-state index contributed by atoms with van der Waals surface area (Å²) in [6.45, 7) is -0.797. The number of aromatic nitrogens is 2. The van der Waals surface area contributed by atoms with Crippen LogP contribution in [0.15, 0.2) is 24.3 Å². The predicted octanol–water partition coefficient (Wildman–Crippen LogP) is 1.51. The first-order chi connectivity index (χ1) is 9.82. The molecule has 9 heteroatoms. The van der Waals surface area contributed by atoms with Gasteiger partial charge in [-0.25, -0.2) is 14.8 Å². The van der Waals surface area contributed by atoms with E-state index in [1.807, 2.05) is 0 Å². The van der Waals surface area contributed by atoms with E-state index in [4.69, 9.17) is 10.2 Å². The summed E-state index contributed by atoms with van der Waals surface area (Å²) in [7, 11) is 0. The van der Waals surface area contributed by atoms with Gasteiger partial charge in [-0.3, -0.25) is 0 Å². The summed E-state index contributed by atoms with van der Waals surface area (Å²) in [5, 5.41) is 20.3. The average molecular weight is 301 g/mol. The first-order valence-corrected chi connectivity index (χ1v) is 5.77. The van der Waals surface area contributed by atoms with Crippen LogP contribution in [0.3, 0.4) is 0 Å². The number of rotatable bonds is 4. The van der Waals surface area contributed by atoms with E-state index in [0.29, 0.717) is 0 Å². The molecule has 1 heterocycles. The lowest BCUT2D eigenvalue weighted by molar-refractivity contribution is -0.144. The zero-order valence-corrected chi connectivity index (χ0v) is 10.4. The van der Waals surface area contributed by atoms with Crippen molar-refractivity contribution >= 4 is 22.7 Å². The molecule has 0 aliphatic heterocycles. The quantitative estimate of drug-likeness (QED) is 0.792. The molecule has 112 valence electrons. The second kappa shape index (κ2) is 5.52. The third kappa shape index (κ3) is 3.19. The summed E-state index contributed by atoms with van der Waals surface area (Å²) in [4.78, 5) is 17.6. The summed E-state index contributed by atoms with van der Waals surface area (Å²) in [5.74, 6) is -3.09. The van der Waals surface area contributed by atoms with Crippen LogP contribution in [-0.2, 0) is 11.0 Å². The SMILES string of the molecule is O=C(O)C(CO)Nc1nc(C(F)(F)F)nc2ccccc12. The molecule has 1 aromatic heterocycles. The molecule has 0 aliphatic carbocycles. The van der Waals surface area contributed by atoms with Gasteiger partial charge in [0.15, 0.2) is 0 Å². The van der Waals surface area contributed by atoms with Crippen LogP contribution >= 0.6 is 0 Å². The molecule has 1 atom stereocenters. The molecule has 21 heavy (non-hydrogen) atoms. The molecule has 0 saturated heterocycles. The van der Waals surface area contributed by atoms with Crippen molar-refractivity contribution in [1.29, 1.82) is 0 Å². The molecule has 3 N–H and O–H groups in total. The zero-order valence-electron chi connectivity index (χ0n) is 10.4. The number of hydrogen-bond donors (Lipinski definition) is 3. The maximum atomic E-state index is 12.8. The van der Waals surface area contributed by atoms with Gasteiger partial charge >= 0.3 is 12.1 Å². The number of halogens is 3. The predicted molar refractivity (Wildman–Crippen MR) is 66.7 cm³/mol. The Morgan fingerprint density at radius 3 is 2.52 bits per heavy atom. The van der Waals surface area contributed by atoms with E-state index in [-0.39, 0.29) is 16.7 Å². The van der Waals surface area contributed by atoms with Gasteiger partial charge in [0.05, 0.1) is 12.1 Å². The van der Waals surface area contributed by atoms with Crippen molar-refractivity contribution in [1.82, 2.24) is 9.97 Å². The van der Waals surface area contributed by atoms with Crippen LogP contribution in [-0.4, -0.2) is 38.8 Å². The fraction of sp³-hybridized carbons (Fsp3) is 0.250. The number of aliphatic hydroxyl groups is 1. The Bertz CT molecular complexity index is 676. The number of fused-ring (bicyclic) bond motifs is 1. The summed E-state index contributed by atoms with van der Waals surface area (Å²) in [6.07, 6.45) is -4.77. The van der Waals surface area contributed by atoms with E-state index in [1.54, 1.807) is 6.07 Å². The number of anilines is 1. The Labute approximate surface area is 116 Å². The fourth-order valence-corrected chi connectivity index (χ4v) is 1.66. The summed E-state index contributed by atoms with van der Waals surface area (Å²) >= 11 is 0. The fourth-order valence-electron chi connectivity index (χ4n) is 1.66. The number of aliphatic hydroxyl groups excluding tert-OH is 1. The Kier molecular flexibility index (Phi) is 3.94. The minimum atomic E-state index is -4.77. The van der Waals surface area contributed by atoms with Gasteiger partial charge in [0, 0.05) is 5.39 Å². The number of alkyl halides is 3. The number of aliphatic carboxylic acids is 1. The van der Waals surface area contributed by atoms with E-state index in [0.717, 1.165) is 0 Å². The Morgan fingerprint density at radius 1 is 1.29 bits per heavy atom. The molecule has 2 rings (SSSR count). The van der Waals surface area contributed by atoms with Crippen molar-refractivity contribution in [2.24, 2.45) is 0 Å². The van der Waals surface area contributed by atoms with Crippen LogP contribution in [0.1, 0.15) is 5.82 Å². The minimum absolute atomic E-state index is 0.0180. The van der Waals surface area contributed by atoms with Crippen molar-refractivity contribution in [2.75, 3.05) is 11.9 Å². The Hall–Kier alpha value is -2.42. The molecule has 0 saturated carbocycles. The van der Waals surface area contributed by atoms with Gasteiger partial charge in [-0.2, -0.15) is 13.2 Å². The van der Waals surface area contributed by atoms with Crippen LogP contribution in [0.5, 0.6) is 0 Å². The number of hydrogen-bond acceptors (Lipinski definition) is 5. The smallest absolute Gasteiger partial charge is 0.451 e. The first-order valence-electron chi connectivity index (χ1n) is 5.77. The topological polar surface area (TPSA) is 95.3 Å². The van der Waals surface area contributed by atoms with Crippen molar-refractivity contribution in [3.63, 3.8) is 0 Å². The van der Waals surface area contributed by atoms with E-state index in [1.165, 1.54) is 18.2 Å². The highest BCUT2D eigenvalue weighted by Crippen LogP contribution is 2.30. The van der Waals surface area contributed by atoms with Crippen LogP contribution in [0.25, 0.3) is 10.9 Å². The highest BCUT2D eigenvalue weighted by atomic mass is 19.4. The molecule has 0 spiro atoms. The lowest BCUT2D eigenvalue weighted by Gasteiger charge is -2.15. The normalized spacial score (nSPS) is 13.1. The molecular weight excluding hydrogens is 291 g/mol. The van der Waals surface area contributed by atoms with Crippen molar-refractivity contribution in [3.8, 4) is 0 Å². The lowest BCUT2D eigenvalue weighted by atomic mass is 10.2. The summed E-state index contributed by atoms with van der Waals surface area (Å²) in [5.41, 5.74) is 0.0180. The molecule has 0 radical (unpaired) electrons. The standard InChI is InChI=1S/C12H10F3N3O3/c13-12(14,15)11-17-7-4-2-1-3-6(7)9(18-11)16-8(5-19)10(20)21/h1-4,8,19H,5H2,(H,20,21)(H,16,17,18). The number of nitrogens with one attached hydrogen (secondary N) is 1. The summed E-state index contributed by atoms with van der Waals surface area (Å²) in [6, 6.07) is 4.39. The van der Waals surface area contributed by atoms with Crippen molar-refractivity contribution in [3.05, 3.63) is 30.1 Å². The van der Waals surface area contributed by atoms with Crippen LogP contribution in [0, 0.1) is 0 Å². The van der Waals surface area contributed by atoms with E-state index in [2.05, 4.69) is 15.3 Å². The Morgan fingerprint density at radius 2 is 1.95 bits per heavy atom. The highest BCUT2D eigenvalue weighted by Gasteiger charge is 2.35. The number of carboxylic acids is 1. The zero-order chi connectivity index (χ0) is 15.6. The van der Waals surface area contributed by atoms with Crippen LogP contribution < -0.4 is 5.32 Å². The second-order valence-electron chi connectivity index (χ2n) is 4.13. The van der Waals surface area contributed by atoms with Crippen LogP contribution in [0.4, 0.5) is 19.0 Å². The molecule has 0 fully saturated rings. The molecule has 6 nitrogen and oxygen atoms in total. The highest BCUT2D eigenvalue weighted by molar-refractivity contribution is 5.91. The third-order valence-electron chi connectivity index (χ3n) is 2.65. The monoisotopic (exact) mass is 301 g/mol. The lowest BCUT2D eigenvalue weighted by Crippen LogP contribution is -2.33. The third-order valence-corrected chi connectivity index (χ3v) is 2.65. The molecule has 2 aromatic rings. The summed E-state index contributed by atoms with van der Waals surface area (Å²) < 4.78 is 38.3. The van der Waals surface area contributed by atoms with E-state index in [9.17, 15) is 18.0 Å². The number of para-hydroxylation sites is 1. The number of carboxylic acid groups (broad SMARTS) is 1. The molecular formula is C12H10F3N3O3.